The van der Waals surface area contributed by atoms with Crippen LogP contribution in [-0.4, -0.2) is 38.3 Å². The first-order valence-electron chi connectivity index (χ1n) is 6.49. The van der Waals surface area contributed by atoms with E-state index in [1.165, 1.54) is 28.6 Å². The number of benzene rings is 1. The van der Waals surface area contributed by atoms with Crippen LogP contribution in [0.5, 0.6) is 0 Å². The Morgan fingerprint density at radius 3 is 2.15 bits per heavy atom. The summed E-state index contributed by atoms with van der Waals surface area (Å²) in [6.45, 7) is 6.49. The van der Waals surface area contributed by atoms with Gasteiger partial charge in [0.25, 0.3) is 5.91 Å². The van der Waals surface area contributed by atoms with Gasteiger partial charge in [0.15, 0.2) is 0 Å². The summed E-state index contributed by atoms with van der Waals surface area (Å²) in [6.07, 6.45) is 0. The van der Waals surface area contributed by atoms with Crippen LogP contribution in [0.2, 0.25) is 0 Å². The number of hydroxylamine groups is 1. The van der Waals surface area contributed by atoms with Gasteiger partial charge in [-0.1, -0.05) is 13.8 Å². The minimum Gasteiger partial charge on any atom is -0.274 e. The van der Waals surface area contributed by atoms with Gasteiger partial charge in [-0.05, 0) is 31.2 Å². The van der Waals surface area contributed by atoms with E-state index in [0.29, 0.717) is 25.3 Å². The summed E-state index contributed by atoms with van der Waals surface area (Å²) < 4.78 is 25.9. The summed E-state index contributed by atoms with van der Waals surface area (Å²) in [5.41, 5.74) is 2.60. The van der Waals surface area contributed by atoms with Gasteiger partial charge in [-0.3, -0.25) is 9.63 Å². The van der Waals surface area contributed by atoms with Crippen LogP contribution in [0.4, 0.5) is 0 Å². The Hall–Kier alpha value is -1.44. The second-order valence-electron chi connectivity index (χ2n) is 3.98. The molecular weight excluding hydrogens is 280 g/mol. The Morgan fingerprint density at radius 1 is 1.15 bits per heavy atom. The van der Waals surface area contributed by atoms with Gasteiger partial charge in [0.1, 0.15) is 0 Å². The van der Waals surface area contributed by atoms with Crippen LogP contribution in [0.15, 0.2) is 29.2 Å². The molecule has 0 aliphatic carbocycles. The second-order valence-corrected chi connectivity index (χ2v) is 5.92. The quantitative estimate of drug-likeness (QED) is 0.772. The highest BCUT2D eigenvalue weighted by Crippen LogP contribution is 2.16. The third-order valence-corrected chi connectivity index (χ3v) is 4.83. The molecule has 0 unspecified atom stereocenters. The van der Waals surface area contributed by atoms with Gasteiger partial charge in [0.05, 0.1) is 11.5 Å². The summed E-state index contributed by atoms with van der Waals surface area (Å²) in [6, 6.07) is 5.78. The topological polar surface area (TPSA) is 75.7 Å². The predicted octanol–water partition coefficient (Wildman–Crippen LogP) is 1.40. The zero-order valence-electron chi connectivity index (χ0n) is 11.9. The van der Waals surface area contributed by atoms with Crippen molar-refractivity contribution < 1.29 is 18.0 Å². The fraction of sp³-hybridized carbons (Fsp3) is 0.462. The second kappa shape index (κ2) is 7.37. The number of nitrogens with one attached hydrogen (secondary N) is 1. The Morgan fingerprint density at radius 2 is 1.70 bits per heavy atom. The molecule has 0 atom stereocenters. The lowest BCUT2D eigenvalue weighted by atomic mass is 10.2. The molecule has 0 aliphatic rings. The zero-order chi connectivity index (χ0) is 15.2. The van der Waals surface area contributed by atoms with Gasteiger partial charge in [-0.15, -0.1) is 0 Å². The maximum Gasteiger partial charge on any atom is 0.274 e. The van der Waals surface area contributed by atoms with Crippen molar-refractivity contribution in [2.75, 3.05) is 19.7 Å². The zero-order valence-corrected chi connectivity index (χ0v) is 12.7. The van der Waals surface area contributed by atoms with Crippen LogP contribution in [0.3, 0.4) is 0 Å². The highest BCUT2D eigenvalue weighted by molar-refractivity contribution is 7.89. The van der Waals surface area contributed by atoms with E-state index in [0.717, 1.165) is 0 Å². The Balaban J connectivity index is 2.94. The van der Waals surface area contributed by atoms with Crippen molar-refractivity contribution in [3.63, 3.8) is 0 Å². The summed E-state index contributed by atoms with van der Waals surface area (Å²) in [5, 5.41) is 0. The third-order valence-electron chi connectivity index (χ3n) is 2.77. The van der Waals surface area contributed by atoms with Crippen LogP contribution >= 0.6 is 0 Å². The summed E-state index contributed by atoms with van der Waals surface area (Å²) in [4.78, 5) is 16.6. The molecule has 1 N–H and O–H groups in total. The van der Waals surface area contributed by atoms with E-state index in [1.807, 2.05) is 0 Å². The highest BCUT2D eigenvalue weighted by Gasteiger charge is 2.21. The van der Waals surface area contributed by atoms with Gasteiger partial charge < -0.3 is 0 Å². The molecule has 0 saturated heterocycles. The van der Waals surface area contributed by atoms with Crippen LogP contribution < -0.4 is 5.48 Å². The van der Waals surface area contributed by atoms with Crippen molar-refractivity contribution in [1.29, 1.82) is 0 Å². The van der Waals surface area contributed by atoms with E-state index in [4.69, 9.17) is 4.84 Å². The Labute approximate surface area is 119 Å². The first-order valence-corrected chi connectivity index (χ1v) is 7.93. The lowest BCUT2D eigenvalue weighted by molar-refractivity contribution is 0.0364. The fourth-order valence-electron chi connectivity index (χ4n) is 1.69. The Bertz CT molecular complexity index is 536. The van der Waals surface area contributed by atoms with Crippen molar-refractivity contribution >= 4 is 15.9 Å². The van der Waals surface area contributed by atoms with Gasteiger partial charge >= 0.3 is 0 Å². The van der Waals surface area contributed by atoms with Crippen molar-refractivity contribution in [2.24, 2.45) is 0 Å². The standard InChI is InChI=1S/C13H20N2O4S/c1-4-15(5-2)20(17,18)12-9-7-11(8-10-12)13(16)14-19-6-3/h7-10H,4-6H2,1-3H3,(H,14,16). The maximum absolute atomic E-state index is 12.2. The minimum absolute atomic E-state index is 0.175. The summed E-state index contributed by atoms with van der Waals surface area (Å²) >= 11 is 0. The first-order chi connectivity index (χ1) is 9.47. The van der Waals surface area contributed by atoms with Crippen molar-refractivity contribution in [3.8, 4) is 0 Å². The molecule has 0 aliphatic heterocycles. The average Bonchev–Trinajstić information content (AvgIpc) is 2.46. The first kappa shape index (κ1) is 16.6. The van der Waals surface area contributed by atoms with Crippen molar-refractivity contribution in [3.05, 3.63) is 29.8 Å². The normalized spacial score (nSPS) is 11.6. The number of hydrogen-bond donors (Lipinski definition) is 1. The largest absolute Gasteiger partial charge is 0.274 e. The smallest absolute Gasteiger partial charge is 0.274 e. The molecule has 6 nitrogen and oxygen atoms in total. The van der Waals surface area contributed by atoms with E-state index < -0.39 is 15.9 Å². The number of amides is 1. The summed E-state index contributed by atoms with van der Waals surface area (Å²) in [7, 11) is -3.49. The van der Waals surface area contributed by atoms with Crippen LogP contribution in [0.25, 0.3) is 0 Å². The number of hydrogen-bond acceptors (Lipinski definition) is 4. The molecule has 0 radical (unpaired) electrons. The molecule has 1 amide bonds. The molecule has 0 fully saturated rings. The number of carbonyl (C=O) groups is 1. The monoisotopic (exact) mass is 300 g/mol. The number of nitrogens with zero attached hydrogens (tertiary/aromatic N) is 1. The molecule has 20 heavy (non-hydrogen) atoms. The Kier molecular flexibility index (Phi) is 6.12. The molecular formula is C13H20N2O4S. The van der Waals surface area contributed by atoms with Gasteiger partial charge in [-0.25, -0.2) is 13.9 Å². The molecule has 0 bridgehead atoms. The maximum atomic E-state index is 12.2. The van der Waals surface area contributed by atoms with Crippen LogP contribution in [0.1, 0.15) is 31.1 Å². The molecule has 112 valence electrons. The van der Waals surface area contributed by atoms with Gasteiger partial charge in [-0.2, -0.15) is 4.31 Å². The van der Waals surface area contributed by atoms with Gasteiger partial charge in [0.2, 0.25) is 10.0 Å². The SMILES string of the molecule is CCONC(=O)c1ccc(S(=O)(=O)N(CC)CC)cc1. The number of sulfonamides is 1. The average molecular weight is 300 g/mol. The molecule has 1 aromatic carbocycles. The lowest BCUT2D eigenvalue weighted by Crippen LogP contribution is -2.30. The van der Waals surface area contributed by atoms with E-state index in [9.17, 15) is 13.2 Å². The van der Waals surface area contributed by atoms with E-state index in [-0.39, 0.29) is 4.90 Å². The molecule has 0 saturated carbocycles. The number of rotatable bonds is 7. The molecule has 1 aromatic rings. The van der Waals surface area contributed by atoms with Crippen molar-refractivity contribution in [1.82, 2.24) is 9.79 Å². The lowest BCUT2D eigenvalue weighted by Gasteiger charge is -2.18. The van der Waals surface area contributed by atoms with Crippen LogP contribution in [-0.2, 0) is 14.9 Å². The molecule has 0 spiro atoms. The van der Waals surface area contributed by atoms with E-state index in [1.54, 1.807) is 20.8 Å². The van der Waals surface area contributed by atoms with E-state index >= 15 is 0 Å². The third kappa shape index (κ3) is 3.78. The highest BCUT2D eigenvalue weighted by atomic mass is 32.2. The summed E-state index contributed by atoms with van der Waals surface area (Å²) in [5.74, 6) is -0.404. The molecule has 1 rings (SSSR count). The molecule has 0 heterocycles. The minimum atomic E-state index is -3.49. The number of carbonyl (C=O) groups excluding carboxylic acids is 1. The molecule has 7 heteroatoms. The molecule has 0 aromatic heterocycles. The predicted molar refractivity (Wildman–Crippen MR) is 75.6 cm³/mol. The van der Waals surface area contributed by atoms with Gasteiger partial charge in [0, 0.05) is 18.7 Å². The van der Waals surface area contributed by atoms with E-state index in [2.05, 4.69) is 5.48 Å². The van der Waals surface area contributed by atoms with Crippen molar-refractivity contribution in [2.45, 2.75) is 25.7 Å². The van der Waals surface area contributed by atoms with Crippen LogP contribution in [0, 0.1) is 0 Å². The fourth-order valence-corrected chi connectivity index (χ4v) is 3.15.